The number of esters is 1. The molecule has 0 fully saturated rings. The van der Waals surface area contributed by atoms with E-state index >= 15 is 0 Å². The minimum atomic E-state index is -1.07. The molecule has 3 aromatic rings. The summed E-state index contributed by atoms with van der Waals surface area (Å²) >= 11 is 6.00. The van der Waals surface area contributed by atoms with Crippen LogP contribution in [-0.4, -0.2) is 45.9 Å². The Kier molecular flexibility index (Phi) is 5.75. The Morgan fingerprint density at radius 3 is 2.43 bits per heavy atom. The predicted octanol–water partition coefficient (Wildman–Crippen LogP) is 3.22. The quantitative estimate of drug-likeness (QED) is 0.617. The van der Waals surface area contributed by atoms with Gasteiger partial charge in [0, 0.05) is 24.7 Å². The minimum Gasteiger partial charge on any atom is -0.442 e. The first-order chi connectivity index (χ1) is 13.4. The number of hydrogen-bond acceptors (Lipinski definition) is 5. The molecule has 0 saturated heterocycles. The fraction of sp³-hybridized carbons (Fsp3) is 0.200. The van der Waals surface area contributed by atoms with Gasteiger partial charge in [-0.2, -0.15) is 9.90 Å². The van der Waals surface area contributed by atoms with E-state index in [4.69, 9.17) is 16.3 Å². The fourth-order valence-corrected chi connectivity index (χ4v) is 2.75. The molecule has 1 atom stereocenters. The number of hydrogen-bond donors (Lipinski definition) is 0. The number of nitrogens with zero attached hydrogens (tertiary/aromatic N) is 4. The van der Waals surface area contributed by atoms with Crippen LogP contribution in [0.2, 0.25) is 5.02 Å². The van der Waals surface area contributed by atoms with Crippen LogP contribution in [0, 0.1) is 6.92 Å². The van der Waals surface area contributed by atoms with Gasteiger partial charge in [-0.15, -0.1) is 5.10 Å². The Bertz CT molecular complexity index is 1000. The van der Waals surface area contributed by atoms with Crippen molar-refractivity contribution in [1.29, 1.82) is 0 Å². The van der Waals surface area contributed by atoms with E-state index in [9.17, 15) is 9.59 Å². The number of halogens is 1. The zero-order valence-corrected chi connectivity index (χ0v) is 16.4. The molecule has 0 radical (unpaired) electrons. The van der Waals surface area contributed by atoms with E-state index in [2.05, 4.69) is 10.2 Å². The lowest BCUT2D eigenvalue weighted by Crippen LogP contribution is -2.31. The van der Waals surface area contributed by atoms with Gasteiger partial charge in [-0.05, 0) is 25.1 Å². The molecule has 0 aliphatic rings. The van der Waals surface area contributed by atoms with Crippen LogP contribution in [0.1, 0.15) is 27.8 Å². The highest BCUT2D eigenvalue weighted by Crippen LogP contribution is 2.22. The second kappa shape index (κ2) is 8.22. The van der Waals surface area contributed by atoms with Crippen LogP contribution >= 0.6 is 11.6 Å². The van der Waals surface area contributed by atoms with Crippen molar-refractivity contribution in [3.05, 3.63) is 76.6 Å². The Hall–Kier alpha value is -3.19. The average Bonchev–Trinajstić information content (AvgIpc) is 3.08. The van der Waals surface area contributed by atoms with E-state index in [0.717, 1.165) is 0 Å². The van der Waals surface area contributed by atoms with Crippen LogP contribution in [-0.2, 0) is 9.53 Å². The van der Waals surface area contributed by atoms with Gasteiger partial charge < -0.3 is 9.64 Å². The summed E-state index contributed by atoms with van der Waals surface area (Å²) in [6.07, 6.45) is -1.07. The Morgan fingerprint density at radius 2 is 1.79 bits per heavy atom. The lowest BCUT2D eigenvalue weighted by Gasteiger charge is -2.20. The van der Waals surface area contributed by atoms with Crippen LogP contribution in [0.4, 0.5) is 0 Å². The van der Waals surface area contributed by atoms with Gasteiger partial charge in [-0.3, -0.25) is 4.79 Å². The van der Waals surface area contributed by atoms with Gasteiger partial charge in [0.2, 0.25) is 6.10 Å². The Morgan fingerprint density at radius 1 is 1.07 bits per heavy atom. The zero-order valence-electron chi connectivity index (χ0n) is 15.7. The largest absolute Gasteiger partial charge is 0.442 e. The van der Waals surface area contributed by atoms with Crippen molar-refractivity contribution < 1.29 is 14.3 Å². The number of carbonyl (C=O) groups excluding carboxylic acids is 2. The maximum atomic E-state index is 12.8. The summed E-state index contributed by atoms with van der Waals surface area (Å²) in [7, 11) is 3.21. The molecular formula is C20H19ClN4O3. The van der Waals surface area contributed by atoms with Gasteiger partial charge in [-0.1, -0.05) is 48.0 Å². The van der Waals surface area contributed by atoms with Crippen LogP contribution in [0.15, 0.2) is 54.6 Å². The van der Waals surface area contributed by atoms with Crippen molar-refractivity contribution in [2.45, 2.75) is 13.0 Å². The first kappa shape index (κ1) is 19.6. The van der Waals surface area contributed by atoms with Gasteiger partial charge in [0.25, 0.3) is 5.91 Å². The third-order valence-electron chi connectivity index (χ3n) is 4.01. The van der Waals surface area contributed by atoms with Gasteiger partial charge in [-0.25, -0.2) is 4.79 Å². The van der Waals surface area contributed by atoms with Gasteiger partial charge >= 0.3 is 5.97 Å². The van der Waals surface area contributed by atoms with Crippen molar-refractivity contribution in [1.82, 2.24) is 19.9 Å². The van der Waals surface area contributed by atoms with Gasteiger partial charge in [0.15, 0.2) is 5.69 Å². The average molecular weight is 399 g/mol. The molecule has 7 nitrogen and oxygen atoms in total. The molecule has 0 saturated carbocycles. The Balaban J connectivity index is 1.89. The van der Waals surface area contributed by atoms with E-state index in [1.807, 2.05) is 6.07 Å². The van der Waals surface area contributed by atoms with E-state index in [-0.39, 0.29) is 11.6 Å². The number of aryl methyl sites for hydroxylation is 1. The Labute approximate surface area is 167 Å². The van der Waals surface area contributed by atoms with E-state index in [1.165, 1.54) is 9.70 Å². The summed E-state index contributed by atoms with van der Waals surface area (Å²) in [4.78, 5) is 28.0. The molecule has 144 valence electrons. The molecule has 1 aromatic heterocycles. The molecule has 1 heterocycles. The lowest BCUT2D eigenvalue weighted by atomic mass is 10.1. The number of rotatable bonds is 5. The molecule has 0 spiro atoms. The smallest absolute Gasteiger partial charge is 0.361 e. The molecule has 8 heteroatoms. The van der Waals surface area contributed by atoms with E-state index in [1.54, 1.807) is 69.6 Å². The summed E-state index contributed by atoms with van der Waals surface area (Å²) in [5.41, 5.74) is 1.61. The predicted molar refractivity (Wildman–Crippen MR) is 104 cm³/mol. The van der Waals surface area contributed by atoms with Gasteiger partial charge in [0.05, 0.1) is 11.4 Å². The van der Waals surface area contributed by atoms with Crippen LogP contribution in [0.3, 0.4) is 0 Å². The molecule has 2 aromatic carbocycles. The van der Waals surface area contributed by atoms with Crippen LogP contribution in [0.25, 0.3) is 5.69 Å². The molecule has 0 N–H and O–H groups in total. The minimum absolute atomic E-state index is 0.0347. The second-order valence-electron chi connectivity index (χ2n) is 6.33. The third kappa shape index (κ3) is 4.20. The zero-order chi connectivity index (χ0) is 20.3. The molecule has 1 amide bonds. The first-order valence-electron chi connectivity index (χ1n) is 8.54. The maximum absolute atomic E-state index is 12.8. The van der Waals surface area contributed by atoms with E-state index in [0.29, 0.717) is 22.0 Å². The molecule has 0 unspecified atom stereocenters. The van der Waals surface area contributed by atoms with Crippen LogP contribution in [0.5, 0.6) is 0 Å². The van der Waals surface area contributed by atoms with Crippen molar-refractivity contribution in [2.75, 3.05) is 14.1 Å². The highest BCUT2D eigenvalue weighted by atomic mass is 35.5. The van der Waals surface area contributed by atoms with Crippen molar-refractivity contribution in [3.63, 3.8) is 0 Å². The fourth-order valence-electron chi connectivity index (χ4n) is 2.57. The summed E-state index contributed by atoms with van der Waals surface area (Å²) in [6.45, 7) is 1.65. The van der Waals surface area contributed by atoms with Crippen LogP contribution < -0.4 is 0 Å². The molecule has 3 rings (SSSR count). The number of ether oxygens (including phenoxy) is 1. The molecule has 0 aliphatic carbocycles. The summed E-state index contributed by atoms with van der Waals surface area (Å²) < 4.78 is 5.53. The summed E-state index contributed by atoms with van der Waals surface area (Å²) in [6, 6.07) is 15.8. The first-order valence-corrected chi connectivity index (χ1v) is 8.91. The summed E-state index contributed by atoms with van der Waals surface area (Å²) in [5.74, 6) is -1.07. The molecule has 28 heavy (non-hydrogen) atoms. The second-order valence-corrected chi connectivity index (χ2v) is 6.77. The van der Waals surface area contributed by atoms with Crippen molar-refractivity contribution >= 4 is 23.5 Å². The standard InChI is InChI=1S/C20H19ClN4O3/c1-13-17(23-25(22-13)16-11-7-10-15(21)12-16)20(27)28-18(19(26)24(2)3)14-8-5-4-6-9-14/h4-12,18H,1-3H3/t18-/m1/s1. The van der Waals surface area contributed by atoms with Crippen molar-refractivity contribution in [3.8, 4) is 5.69 Å². The topological polar surface area (TPSA) is 77.3 Å². The SMILES string of the molecule is Cc1nn(-c2cccc(Cl)c2)nc1C(=O)O[C@@H](C(=O)N(C)C)c1ccccc1. The number of likely N-dealkylation sites (N-methyl/N-ethyl adjacent to an activating group) is 1. The normalized spacial score (nSPS) is 11.7. The number of aromatic nitrogens is 3. The molecule has 0 bridgehead atoms. The third-order valence-corrected chi connectivity index (χ3v) is 4.24. The van der Waals surface area contributed by atoms with E-state index < -0.39 is 12.1 Å². The molecule has 0 aliphatic heterocycles. The van der Waals surface area contributed by atoms with Gasteiger partial charge in [0.1, 0.15) is 0 Å². The monoisotopic (exact) mass is 398 g/mol. The van der Waals surface area contributed by atoms with Crippen molar-refractivity contribution in [2.24, 2.45) is 0 Å². The highest BCUT2D eigenvalue weighted by Gasteiger charge is 2.29. The number of carbonyl (C=O) groups is 2. The number of benzene rings is 2. The lowest BCUT2D eigenvalue weighted by molar-refractivity contribution is -0.138. The number of amides is 1. The maximum Gasteiger partial charge on any atom is 0.361 e. The highest BCUT2D eigenvalue weighted by molar-refractivity contribution is 6.30. The molecular weight excluding hydrogens is 380 g/mol. The summed E-state index contributed by atoms with van der Waals surface area (Å²) in [5, 5.41) is 9.00.